The number of rotatable bonds is 10. The van der Waals surface area contributed by atoms with E-state index < -0.39 is 12.6 Å². The zero-order valence-corrected chi connectivity index (χ0v) is 26.3. The van der Waals surface area contributed by atoms with Crippen molar-refractivity contribution in [3.05, 3.63) is 102 Å². The first-order valence-corrected chi connectivity index (χ1v) is 15.7. The largest absolute Gasteiger partial charge is 0.395 e. The van der Waals surface area contributed by atoms with Crippen molar-refractivity contribution in [2.75, 3.05) is 22.6 Å². The van der Waals surface area contributed by atoms with E-state index in [1.165, 1.54) is 10.8 Å². The molecule has 7 nitrogen and oxygen atoms in total. The minimum Gasteiger partial charge on any atom is -0.382 e. The minimum atomic E-state index is -4.34. The Labute approximate surface area is 268 Å². The molecule has 0 spiro atoms. The van der Waals surface area contributed by atoms with Gasteiger partial charge in [-0.15, -0.1) is 20.4 Å². The van der Waals surface area contributed by atoms with E-state index in [2.05, 4.69) is 118 Å². The van der Waals surface area contributed by atoms with Crippen LogP contribution < -0.4 is 15.5 Å². The van der Waals surface area contributed by atoms with Crippen LogP contribution in [0.3, 0.4) is 0 Å². The number of halogens is 3. The average molecular weight is 640 g/mol. The van der Waals surface area contributed by atoms with Gasteiger partial charge in [-0.1, -0.05) is 66.8 Å². The first-order chi connectivity index (χ1) is 22.2. The first-order valence-electron chi connectivity index (χ1n) is 14.9. The fourth-order valence-corrected chi connectivity index (χ4v) is 5.97. The highest BCUT2D eigenvalue weighted by Gasteiger charge is 2.30. The lowest BCUT2D eigenvalue weighted by Gasteiger charge is -2.25. The van der Waals surface area contributed by atoms with Gasteiger partial charge in [-0.25, -0.2) is 0 Å². The number of nitrogens with zero attached hydrogens (tertiary/aromatic N) is 5. The van der Waals surface area contributed by atoms with Crippen LogP contribution in [0.2, 0.25) is 0 Å². The van der Waals surface area contributed by atoms with E-state index in [0.29, 0.717) is 11.7 Å². The highest BCUT2D eigenvalue weighted by atomic mass is 32.1. The third-order valence-corrected chi connectivity index (χ3v) is 8.55. The summed E-state index contributed by atoms with van der Waals surface area (Å²) in [7, 11) is 2.10. The van der Waals surface area contributed by atoms with Crippen LogP contribution in [0.15, 0.2) is 107 Å². The van der Waals surface area contributed by atoms with Gasteiger partial charge >= 0.3 is 6.18 Å². The normalized spacial score (nSPS) is 12.6. The van der Waals surface area contributed by atoms with Gasteiger partial charge in [0.1, 0.15) is 5.01 Å². The molecular formula is C35H32F3N7S. The van der Waals surface area contributed by atoms with Crippen molar-refractivity contribution in [1.29, 1.82) is 0 Å². The molecule has 6 rings (SSSR count). The van der Waals surface area contributed by atoms with Gasteiger partial charge in [-0.3, -0.25) is 0 Å². The van der Waals surface area contributed by atoms with E-state index in [0.717, 1.165) is 57.0 Å². The smallest absolute Gasteiger partial charge is 0.382 e. The highest BCUT2D eigenvalue weighted by molar-refractivity contribution is 7.14. The molecule has 0 fully saturated rings. The Hall–Kier alpha value is -5.03. The second kappa shape index (κ2) is 13.1. The van der Waals surface area contributed by atoms with Crippen LogP contribution in [0.1, 0.15) is 25.3 Å². The minimum absolute atomic E-state index is 0.0738. The molecular weight excluding hydrogens is 607 g/mol. The number of anilines is 5. The summed E-state index contributed by atoms with van der Waals surface area (Å²) in [5.74, 6) is 0. The molecule has 1 atom stereocenters. The summed E-state index contributed by atoms with van der Waals surface area (Å²) >= 11 is 0.769. The lowest BCUT2D eigenvalue weighted by Crippen LogP contribution is -2.15. The summed E-state index contributed by atoms with van der Waals surface area (Å²) in [6.45, 7) is 4.38. The number of aromatic nitrogens is 2. The molecule has 1 heterocycles. The molecule has 0 saturated carbocycles. The molecule has 0 aliphatic rings. The zero-order valence-electron chi connectivity index (χ0n) is 25.5. The number of nitrogens with one attached hydrogen (secondary N) is 2. The van der Waals surface area contributed by atoms with Gasteiger partial charge in [0.25, 0.3) is 5.13 Å². The van der Waals surface area contributed by atoms with Crippen molar-refractivity contribution in [2.24, 2.45) is 10.2 Å². The molecule has 2 N–H and O–H groups in total. The first kappa shape index (κ1) is 31.0. The van der Waals surface area contributed by atoms with Crippen molar-refractivity contribution < 1.29 is 13.2 Å². The van der Waals surface area contributed by atoms with Gasteiger partial charge < -0.3 is 15.5 Å². The molecule has 0 aliphatic heterocycles. The van der Waals surface area contributed by atoms with Crippen molar-refractivity contribution in [3.8, 4) is 0 Å². The topological polar surface area (TPSA) is 77.8 Å². The lowest BCUT2D eigenvalue weighted by molar-refractivity contribution is -0.127. The van der Waals surface area contributed by atoms with Crippen LogP contribution in [-0.4, -0.2) is 29.5 Å². The van der Waals surface area contributed by atoms with Crippen molar-refractivity contribution >= 4 is 72.1 Å². The number of azo groups is 1. The van der Waals surface area contributed by atoms with Gasteiger partial charge in [0, 0.05) is 63.1 Å². The van der Waals surface area contributed by atoms with Crippen LogP contribution in [0.5, 0.6) is 0 Å². The second-order valence-corrected chi connectivity index (χ2v) is 12.1. The predicted molar refractivity (Wildman–Crippen MR) is 183 cm³/mol. The predicted octanol–water partition coefficient (Wildman–Crippen LogP) is 11.1. The van der Waals surface area contributed by atoms with Crippen LogP contribution in [0, 0.1) is 0 Å². The highest BCUT2D eigenvalue weighted by Crippen LogP contribution is 2.40. The van der Waals surface area contributed by atoms with Crippen molar-refractivity contribution in [3.63, 3.8) is 0 Å². The van der Waals surface area contributed by atoms with Crippen LogP contribution in [0.4, 0.5) is 52.4 Å². The zero-order chi connectivity index (χ0) is 32.3. The van der Waals surface area contributed by atoms with E-state index in [9.17, 15) is 13.2 Å². The van der Waals surface area contributed by atoms with Crippen molar-refractivity contribution in [1.82, 2.24) is 10.2 Å². The molecule has 6 aromatic rings. The number of hydrogen-bond donors (Lipinski definition) is 2. The Bertz CT molecular complexity index is 2000. The average Bonchev–Trinajstić information content (AvgIpc) is 3.50. The molecule has 0 amide bonds. The third-order valence-electron chi connectivity index (χ3n) is 7.74. The molecule has 11 heteroatoms. The number of hydrogen-bond acceptors (Lipinski definition) is 8. The molecule has 1 aromatic heterocycles. The fraction of sp³-hybridized carbons (Fsp3) is 0.200. The summed E-state index contributed by atoms with van der Waals surface area (Å²) in [6.07, 6.45) is -4.43. The molecule has 0 aliphatic carbocycles. The second-order valence-electron chi connectivity index (χ2n) is 11.0. The van der Waals surface area contributed by atoms with Gasteiger partial charge in [0.15, 0.2) is 0 Å². The summed E-state index contributed by atoms with van der Waals surface area (Å²) in [6, 6.07) is 33.0. The summed E-state index contributed by atoms with van der Waals surface area (Å²) in [5, 5.41) is 26.9. The van der Waals surface area contributed by atoms with E-state index in [1.54, 1.807) is 12.1 Å². The molecule has 0 bridgehead atoms. The molecule has 46 heavy (non-hydrogen) atoms. The maximum atomic E-state index is 12.6. The van der Waals surface area contributed by atoms with E-state index in [-0.39, 0.29) is 10.1 Å². The summed E-state index contributed by atoms with van der Waals surface area (Å²) in [4.78, 5) is 2.24. The SMILES string of the molecule is CCC(C)Nc1ccc(N(C)c2ccc(Nc3ccc(/N=N/c4nnc(CC(F)(F)F)s4)cc3)c3ccccc23)c2ccccc12. The van der Waals surface area contributed by atoms with Gasteiger partial charge in [-0.05, 0) is 61.9 Å². The quantitative estimate of drug-likeness (QED) is 0.146. The molecule has 234 valence electrons. The third kappa shape index (κ3) is 6.94. The standard InChI is InChI=1S/C35H32F3N7S/c1-4-22(2)39-29-17-19-31(27-11-7-5-9-25(27)29)45(3)32-20-18-30(26-10-6-8-12-28(26)32)40-23-13-15-24(16-14-23)41-43-34-44-42-33(46-34)21-35(36,37)38/h5-20,22,39-40H,4,21H2,1-3H3/b43-41+. The molecule has 1 unspecified atom stereocenters. The molecule has 0 radical (unpaired) electrons. The summed E-state index contributed by atoms with van der Waals surface area (Å²) in [5.41, 5.74) is 5.67. The number of alkyl halides is 3. The van der Waals surface area contributed by atoms with Gasteiger partial charge in [-0.2, -0.15) is 13.2 Å². The number of benzene rings is 5. The van der Waals surface area contributed by atoms with Crippen LogP contribution >= 0.6 is 11.3 Å². The maximum Gasteiger partial charge on any atom is 0.395 e. The van der Waals surface area contributed by atoms with Crippen LogP contribution in [-0.2, 0) is 6.42 Å². The lowest BCUT2D eigenvalue weighted by atomic mass is 10.0. The Morgan fingerprint density at radius 3 is 1.96 bits per heavy atom. The Kier molecular flexibility index (Phi) is 8.85. The maximum absolute atomic E-state index is 12.6. The Morgan fingerprint density at radius 1 is 0.761 bits per heavy atom. The number of fused-ring (bicyclic) bond motifs is 2. The van der Waals surface area contributed by atoms with Gasteiger partial charge in [0.2, 0.25) is 0 Å². The van der Waals surface area contributed by atoms with E-state index in [4.69, 9.17) is 0 Å². The van der Waals surface area contributed by atoms with Gasteiger partial charge in [0.05, 0.1) is 12.1 Å². The fourth-order valence-electron chi connectivity index (χ4n) is 5.28. The monoisotopic (exact) mass is 639 g/mol. The summed E-state index contributed by atoms with van der Waals surface area (Å²) < 4.78 is 37.8. The molecule has 5 aromatic carbocycles. The van der Waals surface area contributed by atoms with Crippen molar-refractivity contribution in [2.45, 2.75) is 38.9 Å². The Balaban J connectivity index is 1.23. The molecule has 0 saturated heterocycles. The van der Waals surface area contributed by atoms with E-state index in [1.807, 2.05) is 24.3 Å². The Morgan fingerprint density at radius 2 is 1.35 bits per heavy atom. The van der Waals surface area contributed by atoms with Crippen LogP contribution in [0.25, 0.3) is 21.5 Å². The van der Waals surface area contributed by atoms with E-state index >= 15 is 0 Å².